The number of piperazine rings is 1. The van der Waals surface area contributed by atoms with Crippen molar-refractivity contribution in [2.75, 3.05) is 31.9 Å². The molecule has 5 rings (SSSR count). The maximum Gasteiger partial charge on any atom is 0.264 e. The summed E-state index contributed by atoms with van der Waals surface area (Å²) in [6.07, 6.45) is 2.27. The Hall–Kier alpha value is -2.17. The third kappa shape index (κ3) is 4.03. The summed E-state index contributed by atoms with van der Waals surface area (Å²) in [5, 5.41) is 13.5. The van der Waals surface area contributed by atoms with Gasteiger partial charge in [-0.15, -0.1) is 32.9 Å². The molecule has 30 heavy (non-hydrogen) atoms. The number of hydrogen-bond donors (Lipinski definition) is 0. The maximum atomic E-state index is 12.8. The van der Waals surface area contributed by atoms with Crippen LogP contribution < -0.4 is 0 Å². The van der Waals surface area contributed by atoms with Gasteiger partial charge in [0.2, 0.25) is 5.91 Å². The van der Waals surface area contributed by atoms with Gasteiger partial charge in [0.1, 0.15) is 0 Å². The van der Waals surface area contributed by atoms with Gasteiger partial charge in [-0.2, -0.15) is 0 Å². The first-order valence-electron chi connectivity index (χ1n) is 9.93. The second-order valence-electron chi connectivity index (χ2n) is 7.32. The van der Waals surface area contributed by atoms with Crippen molar-refractivity contribution in [2.24, 2.45) is 0 Å². The van der Waals surface area contributed by atoms with E-state index in [4.69, 9.17) is 0 Å². The van der Waals surface area contributed by atoms with Crippen LogP contribution in [0.2, 0.25) is 0 Å². The van der Waals surface area contributed by atoms with Crippen molar-refractivity contribution in [3.63, 3.8) is 0 Å². The van der Waals surface area contributed by atoms with Crippen LogP contribution in [0.1, 0.15) is 28.6 Å². The first-order chi connectivity index (χ1) is 14.7. The summed E-state index contributed by atoms with van der Waals surface area (Å²) in [7, 11) is 0. The highest BCUT2D eigenvalue weighted by atomic mass is 32.2. The minimum Gasteiger partial charge on any atom is -0.338 e. The predicted octanol–water partition coefficient (Wildman–Crippen LogP) is 3.48. The highest BCUT2D eigenvalue weighted by molar-refractivity contribution is 7.99. The molecule has 1 aliphatic carbocycles. The first-order valence-corrected chi connectivity index (χ1v) is 12.7. The quantitative estimate of drug-likeness (QED) is 0.528. The molecule has 7 nitrogen and oxygen atoms in total. The largest absolute Gasteiger partial charge is 0.338 e. The lowest BCUT2D eigenvalue weighted by Gasteiger charge is -2.34. The standard InChI is InChI=1S/C20H21N5O2S3/c26-17(23-7-9-24(10-8-23)19(27)16-4-2-12-29-16)13-30-20-22-21-18(15-3-1-11-28-15)25(20)14-5-6-14/h1-4,11-12,14H,5-10,13H2. The Morgan fingerprint density at radius 3 is 2.40 bits per heavy atom. The average Bonchev–Trinajstić information content (AvgIpc) is 3.22. The summed E-state index contributed by atoms with van der Waals surface area (Å²) in [6.45, 7) is 2.31. The summed E-state index contributed by atoms with van der Waals surface area (Å²) in [4.78, 5) is 30.8. The molecule has 0 bridgehead atoms. The number of rotatable bonds is 6. The second kappa shape index (κ2) is 8.52. The van der Waals surface area contributed by atoms with E-state index in [2.05, 4.69) is 20.8 Å². The molecule has 156 valence electrons. The second-order valence-corrected chi connectivity index (χ2v) is 10.2. The lowest BCUT2D eigenvalue weighted by atomic mass is 10.3. The number of nitrogens with zero attached hydrogens (tertiary/aromatic N) is 5. The van der Waals surface area contributed by atoms with E-state index in [9.17, 15) is 9.59 Å². The monoisotopic (exact) mass is 459 g/mol. The maximum absolute atomic E-state index is 12.8. The highest BCUT2D eigenvalue weighted by Crippen LogP contribution is 2.41. The zero-order valence-electron chi connectivity index (χ0n) is 16.3. The Kier molecular flexibility index (Phi) is 5.62. The molecule has 2 aliphatic rings. The van der Waals surface area contributed by atoms with Crippen molar-refractivity contribution in [1.82, 2.24) is 24.6 Å². The van der Waals surface area contributed by atoms with Crippen molar-refractivity contribution in [3.8, 4) is 10.7 Å². The Bertz CT molecular complexity index is 1020. The molecule has 10 heteroatoms. The molecule has 0 atom stereocenters. The number of carbonyl (C=O) groups is 2. The van der Waals surface area contributed by atoms with Gasteiger partial charge >= 0.3 is 0 Å². The van der Waals surface area contributed by atoms with E-state index in [-0.39, 0.29) is 11.8 Å². The molecule has 2 amide bonds. The first kappa shape index (κ1) is 19.8. The predicted molar refractivity (Wildman–Crippen MR) is 119 cm³/mol. The number of hydrogen-bond acceptors (Lipinski definition) is 7. The van der Waals surface area contributed by atoms with Gasteiger partial charge in [-0.1, -0.05) is 23.9 Å². The van der Waals surface area contributed by atoms with Gasteiger partial charge in [0, 0.05) is 32.2 Å². The number of thiophene rings is 2. The third-order valence-corrected chi connectivity index (χ3v) is 7.95. The molecule has 0 unspecified atom stereocenters. The molecular weight excluding hydrogens is 438 g/mol. The van der Waals surface area contributed by atoms with Crippen molar-refractivity contribution < 1.29 is 9.59 Å². The van der Waals surface area contributed by atoms with Gasteiger partial charge in [0.05, 0.1) is 15.5 Å². The van der Waals surface area contributed by atoms with Gasteiger partial charge in [0.15, 0.2) is 11.0 Å². The molecule has 1 aliphatic heterocycles. The molecule has 3 aromatic heterocycles. The van der Waals surface area contributed by atoms with Gasteiger partial charge in [0.25, 0.3) is 5.91 Å². The van der Waals surface area contributed by atoms with E-state index in [1.165, 1.54) is 23.1 Å². The van der Waals surface area contributed by atoms with Crippen LogP contribution >= 0.6 is 34.4 Å². The zero-order chi connectivity index (χ0) is 20.5. The molecule has 4 heterocycles. The Balaban J connectivity index is 1.18. The third-order valence-electron chi connectivity index (χ3n) is 5.29. The Morgan fingerprint density at radius 1 is 1.00 bits per heavy atom. The number of thioether (sulfide) groups is 1. The Morgan fingerprint density at radius 2 is 1.73 bits per heavy atom. The number of amides is 2. The lowest BCUT2D eigenvalue weighted by molar-refractivity contribution is -0.129. The molecule has 0 aromatic carbocycles. The van der Waals surface area contributed by atoms with Gasteiger partial charge in [-0.25, -0.2) is 0 Å². The van der Waals surface area contributed by atoms with E-state index in [0.29, 0.717) is 38.0 Å². The van der Waals surface area contributed by atoms with Crippen molar-refractivity contribution in [2.45, 2.75) is 24.0 Å². The van der Waals surface area contributed by atoms with E-state index in [0.717, 1.165) is 33.6 Å². The van der Waals surface area contributed by atoms with Crippen LogP contribution in [0.3, 0.4) is 0 Å². The fourth-order valence-electron chi connectivity index (χ4n) is 3.54. The van der Waals surface area contributed by atoms with Crippen molar-refractivity contribution >= 4 is 46.2 Å². The SMILES string of the molecule is O=C(CSc1nnc(-c2cccs2)n1C1CC1)N1CCN(C(=O)c2cccs2)CC1. The molecular formula is C20H21N5O2S3. The fraction of sp³-hybridized carbons (Fsp3) is 0.400. The number of aromatic nitrogens is 3. The molecule has 0 spiro atoms. The summed E-state index contributed by atoms with van der Waals surface area (Å²) in [6, 6.07) is 8.26. The van der Waals surface area contributed by atoms with Crippen LogP contribution in [0.5, 0.6) is 0 Å². The van der Waals surface area contributed by atoms with Crippen LogP contribution in [0.15, 0.2) is 40.2 Å². The van der Waals surface area contributed by atoms with Crippen LogP contribution in [0.4, 0.5) is 0 Å². The van der Waals surface area contributed by atoms with E-state index >= 15 is 0 Å². The molecule has 2 fully saturated rings. The zero-order valence-corrected chi connectivity index (χ0v) is 18.7. The van der Waals surface area contributed by atoms with Crippen LogP contribution in [0.25, 0.3) is 10.7 Å². The topological polar surface area (TPSA) is 71.3 Å². The van der Waals surface area contributed by atoms with Crippen molar-refractivity contribution in [1.29, 1.82) is 0 Å². The lowest BCUT2D eigenvalue weighted by Crippen LogP contribution is -2.51. The minimum absolute atomic E-state index is 0.0603. The fourth-order valence-corrected chi connectivity index (χ4v) is 5.85. The number of carbonyl (C=O) groups excluding carboxylic acids is 2. The van der Waals surface area contributed by atoms with Gasteiger partial charge < -0.3 is 9.80 Å². The average molecular weight is 460 g/mol. The normalized spacial score (nSPS) is 16.8. The van der Waals surface area contributed by atoms with Crippen LogP contribution in [0, 0.1) is 0 Å². The summed E-state index contributed by atoms with van der Waals surface area (Å²) >= 11 is 4.58. The van der Waals surface area contributed by atoms with Crippen LogP contribution in [-0.4, -0.2) is 68.3 Å². The summed E-state index contributed by atoms with van der Waals surface area (Å²) in [5.74, 6) is 1.40. The molecule has 0 radical (unpaired) electrons. The summed E-state index contributed by atoms with van der Waals surface area (Å²) in [5.41, 5.74) is 0. The van der Waals surface area contributed by atoms with Gasteiger partial charge in [-0.3, -0.25) is 14.2 Å². The van der Waals surface area contributed by atoms with Crippen molar-refractivity contribution in [3.05, 3.63) is 39.9 Å². The van der Waals surface area contributed by atoms with E-state index < -0.39 is 0 Å². The molecule has 3 aromatic rings. The van der Waals surface area contributed by atoms with E-state index in [1.54, 1.807) is 11.3 Å². The molecule has 1 saturated carbocycles. The van der Waals surface area contributed by atoms with E-state index in [1.807, 2.05) is 38.8 Å². The highest BCUT2D eigenvalue weighted by Gasteiger charge is 2.31. The Labute approximate surface area is 186 Å². The van der Waals surface area contributed by atoms with Crippen LogP contribution in [-0.2, 0) is 4.79 Å². The van der Waals surface area contributed by atoms with Gasteiger partial charge in [-0.05, 0) is 35.7 Å². The summed E-state index contributed by atoms with van der Waals surface area (Å²) < 4.78 is 2.20. The minimum atomic E-state index is 0.0603. The molecule has 1 saturated heterocycles. The smallest absolute Gasteiger partial charge is 0.264 e. The molecule has 0 N–H and O–H groups in total.